The predicted molar refractivity (Wildman–Crippen MR) is 88.4 cm³/mol. The maximum atomic E-state index is 11.8. The van der Waals surface area contributed by atoms with Crippen molar-refractivity contribution in [2.45, 2.75) is 12.8 Å². The molecule has 0 saturated heterocycles. The first-order valence-electron chi connectivity index (χ1n) is 7.26. The summed E-state index contributed by atoms with van der Waals surface area (Å²) in [4.78, 5) is 18.0. The predicted octanol–water partition coefficient (Wildman–Crippen LogP) is 2.95. The molecule has 1 N–H and O–H groups in total. The van der Waals surface area contributed by atoms with E-state index in [9.17, 15) is 4.79 Å². The largest absolute Gasteiger partial charge is 0.494 e. The molecular formula is C17H21N3O2. The smallest absolute Gasteiger partial charge is 0.224 e. The van der Waals surface area contributed by atoms with Gasteiger partial charge in [-0.2, -0.15) is 0 Å². The van der Waals surface area contributed by atoms with Crippen molar-refractivity contribution in [2.75, 3.05) is 30.9 Å². The fraction of sp³-hybridized carbons (Fsp3) is 0.294. The van der Waals surface area contributed by atoms with Gasteiger partial charge in [-0.25, -0.2) is 4.98 Å². The average Bonchev–Trinajstić information content (AvgIpc) is 2.53. The summed E-state index contributed by atoms with van der Waals surface area (Å²) in [6.45, 7) is 0.523. The van der Waals surface area contributed by atoms with Crippen LogP contribution in [0.25, 0.3) is 0 Å². The van der Waals surface area contributed by atoms with Crippen LogP contribution in [0.5, 0.6) is 5.75 Å². The third kappa shape index (κ3) is 5.09. The van der Waals surface area contributed by atoms with E-state index in [-0.39, 0.29) is 5.91 Å². The van der Waals surface area contributed by atoms with Crippen LogP contribution in [-0.2, 0) is 4.79 Å². The number of ether oxygens (including phenoxy) is 1. The van der Waals surface area contributed by atoms with Crippen LogP contribution in [0, 0.1) is 0 Å². The van der Waals surface area contributed by atoms with Crippen molar-refractivity contribution in [3.05, 3.63) is 48.7 Å². The van der Waals surface area contributed by atoms with E-state index in [1.807, 2.05) is 61.5 Å². The molecule has 0 aliphatic carbocycles. The quantitative estimate of drug-likeness (QED) is 0.799. The Morgan fingerprint density at radius 1 is 1.18 bits per heavy atom. The number of carbonyl (C=O) groups excluding carboxylic acids is 1. The van der Waals surface area contributed by atoms with E-state index < -0.39 is 0 Å². The fourth-order valence-electron chi connectivity index (χ4n) is 1.89. The second kappa shape index (κ2) is 8.02. The van der Waals surface area contributed by atoms with Gasteiger partial charge < -0.3 is 15.0 Å². The van der Waals surface area contributed by atoms with Crippen molar-refractivity contribution in [3.8, 4) is 5.75 Å². The highest BCUT2D eigenvalue weighted by atomic mass is 16.5. The van der Waals surface area contributed by atoms with Crippen LogP contribution < -0.4 is 15.0 Å². The van der Waals surface area contributed by atoms with Crippen molar-refractivity contribution in [1.29, 1.82) is 0 Å². The SMILES string of the molecule is CN(C)c1ccc(NC(=O)CCCOc2ccccc2)cn1. The van der Waals surface area contributed by atoms with E-state index in [0.29, 0.717) is 25.1 Å². The first kappa shape index (κ1) is 15.8. The second-order valence-electron chi connectivity index (χ2n) is 5.11. The molecule has 0 bridgehead atoms. The summed E-state index contributed by atoms with van der Waals surface area (Å²) < 4.78 is 5.55. The summed E-state index contributed by atoms with van der Waals surface area (Å²) in [6, 6.07) is 13.3. The Labute approximate surface area is 130 Å². The van der Waals surface area contributed by atoms with E-state index in [1.165, 1.54) is 0 Å². The summed E-state index contributed by atoms with van der Waals surface area (Å²) in [5.41, 5.74) is 0.708. The number of nitrogens with one attached hydrogen (secondary N) is 1. The van der Waals surface area contributed by atoms with E-state index in [1.54, 1.807) is 6.20 Å². The molecule has 5 nitrogen and oxygen atoms in total. The monoisotopic (exact) mass is 299 g/mol. The van der Waals surface area contributed by atoms with Crippen LogP contribution in [0.4, 0.5) is 11.5 Å². The molecule has 0 spiro atoms. The molecule has 0 radical (unpaired) electrons. The maximum Gasteiger partial charge on any atom is 0.224 e. The molecule has 0 fully saturated rings. The first-order valence-corrected chi connectivity index (χ1v) is 7.26. The number of nitrogens with zero attached hydrogens (tertiary/aromatic N) is 2. The van der Waals surface area contributed by atoms with Crippen LogP contribution in [-0.4, -0.2) is 31.6 Å². The number of hydrogen-bond donors (Lipinski definition) is 1. The van der Waals surface area contributed by atoms with Gasteiger partial charge in [0.05, 0.1) is 18.5 Å². The maximum absolute atomic E-state index is 11.8. The Hall–Kier alpha value is -2.56. The normalized spacial score (nSPS) is 10.1. The van der Waals surface area contributed by atoms with E-state index in [2.05, 4.69) is 10.3 Å². The minimum absolute atomic E-state index is 0.0314. The van der Waals surface area contributed by atoms with Crippen molar-refractivity contribution in [2.24, 2.45) is 0 Å². The van der Waals surface area contributed by atoms with Gasteiger partial charge in [0.1, 0.15) is 11.6 Å². The molecular weight excluding hydrogens is 278 g/mol. The Kier molecular flexibility index (Phi) is 5.77. The van der Waals surface area contributed by atoms with E-state index in [4.69, 9.17) is 4.74 Å². The first-order chi connectivity index (χ1) is 10.6. The average molecular weight is 299 g/mol. The Bertz CT molecular complexity index is 583. The van der Waals surface area contributed by atoms with Gasteiger partial charge in [0, 0.05) is 20.5 Å². The minimum atomic E-state index is -0.0314. The van der Waals surface area contributed by atoms with Crippen LogP contribution >= 0.6 is 0 Å². The summed E-state index contributed by atoms with van der Waals surface area (Å²) in [5, 5.41) is 2.83. The molecule has 0 saturated carbocycles. The van der Waals surface area contributed by atoms with Gasteiger partial charge in [-0.05, 0) is 30.7 Å². The zero-order chi connectivity index (χ0) is 15.8. The third-order valence-electron chi connectivity index (χ3n) is 3.05. The Morgan fingerprint density at radius 3 is 2.59 bits per heavy atom. The Morgan fingerprint density at radius 2 is 1.95 bits per heavy atom. The van der Waals surface area contributed by atoms with Gasteiger partial charge in [0.15, 0.2) is 0 Å². The van der Waals surface area contributed by atoms with Crippen LogP contribution in [0.15, 0.2) is 48.7 Å². The lowest BCUT2D eigenvalue weighted by Gasteiger charge is -2.11. The number of hydrogen-bond acceptors (Lipinski definition) is 4. The molecule has 1 amide bonds. The molecule has 0 atom stereocenters. The third-order valence-corrected chi connectivity index (χ3v) is 3.05. The lowest BCUT2D eigenvalue weighted by atomic mass is 10.3. The molecule has 0 aliphatic rings. The number of anilines is 2. The van der Waals surface area contributed by atoms with Crippen LogP contribution in [0.1, 0.15) is 12.8 Å². The number of pyridine rings is 1. The highest BCUT2D eigenvalue weighted by molar-refractivity contribution is 5.90. The van der Waals surface area contributed by atoms with Crippen LogP contribution in [0.2, 0.25) is 0 Å². The fourth-order valence-corrected chi connectivity index (χ4v) is 1.89. The second-order valence-corrected chi connectivity index (χ2v) is 5.11. The number of para-hydroxylation sites is 1. The zero-order valence-electron chi connectivity index (χ0n) is 13.0. The summed E-state index contributed by atoms with van der Waals surface area (Å²) in [5.74, 6) is 1.65. The van der Waals surface area contributed by atoms with Crippen molar-refractivity contribution < 1.29 is 9.53 Å². The summed E-state index contributed by atoms with van der Waals surface area (Å²) in [6.07, 6.45) is 2.75. The van der Waals surface area contributed by atoms with E-state index >= 15 is 0 Å². The van der Waals surface area contributed by atoms with Gasteiger partial charge >= 0.3 is 0 Å². The molecule has 2 aromatic rings. The number of amides is 1. The van der Waals surface area contributed by atoms with Gasteiger partial charge in [-0.3, -0.25) is 4.79 Å². The highest BCUT2D eigenvalue weighted by Gasteiger charge is 2.04. The van der Waals surface area contributed by atoms with Crippen molar-refractivity contribution in [1.82, 2.24) is 4.98 Å². The molecule has 0 unspecified atom stereocenters. The number of benzene rings is 1. The van der Waals surface area contributed by atoms with Gasteiger partial charge in [0.2, 0.25) is 5.91 Å². The molecule has 1 aromatic heterocycles. The lowest BCUT2D eigenvalue weighted by Crippen LogP contribution is -2.14. The Balaban J connectivity index is 1.69. The molecule has 1 heterocycles. The summed E-state index contributed by atoms with van der Waals surface area (Å²) in [7, 11) is 3.85. The molecule has 0 aliphatic heterocycles. The molecule has 116 valence electrons. The minimum Gasteiger partial charge on any atom is -0.494 e. The topological polar surface area (TPSA) is 54.5 Å². The van der Waals surface area contributed by atoms with Gasteiger partial charge in [-0.15, -0.1) is 0 Å². The summed E-state index contributed by atoms with van der Waals surface area (Å²) >= 11 is 0. The zero-order valence-corrected chi connectivity index (χ0v) is 13.0. The number of carbonyl (C=O) groups is 1. The van der Waals surface area contributed by atoms with Crippen molar-refractivity contribution >= 4 is 17.4 Å². The van der Waals surface area contributed by atoms with Crippen molar-refractivity contribution in [3.63, 3.8) is 0 Å². The number of aromatic nitrogens is 1. The highest BCUT2D eigenvalue weighted by Crippen LogP contribution is 2.12. The van der Waals surface area contributed by atoms with Gasteiger partial charge in [0.25, 0.3) is 0 Å². The number of rotatable bonds is 7. The molecule has 22 heavy (non-hydrogen) atoms. The standard InChI is InChI=1S/C17H21N3O2/c1-20(2)16-11-10-14(13-18-16)19-17(21)9-6-12-22-15-7-4-3-5-8-15/h3-5,7-8,10-11,13H,6,9,12H2,1-2H3,(H,19,21). The molecule has 5 heteroatoms. The lowest BCUT2D eigenvalue weighted by molar-refractivity contribution is -0.116. The van der Waals surface area contributed by atoms with Crippen LogP contribution in [0.3, 0.4) is 0 Å². The van der Waals surface area contributed by atoms with E-state index in [0.717, 1.165) is 11.6 Å². The molecule has 1 aromatic carbocycles. The van der Waals surface area contributed by atoms with Gasteiger partial charge in [-0.1, -0.05) is 18.2 Å². The molecule has 2 rings (SSSR count).